The van der Waals surface area contributed by atoms with Crippen molar-refractivity contribution in [3.8, 4) is 22.5 Å². The van der Waals surface area contributed by atoms with E-state index >= 15 is 0 Å². The minimum atomic E-state index is -0.151. The fourth-order valence-corrected chi connectivity index (χ4v) is 8.26. The van der Waals surface area contributed by atoms with Gasteiger partial charge in [-0.25, -0.2) is 0 Å². The maximum absolute atomic E-state index is 13.8. The van der Waals surface area contributed by atoms with Crippen LogP contribution >= 0.6 is 0 Å². The van der Waals surface area contributed by atoms with Gasteiger partial charge in [0.15, 0.2) is 0 Å². The van der Waals surface area contributed by atoms with Gasteiger partial charge in [0, 0.05) is 38.3 Å². The number of benzene rings is 6. The largest absolute Gasteiger partial charge is 0.309 e. The molecule has 0 amide bonds. The topological polar surface area (TPSA) is 26.9 Å². The van der Waals surface area contributed by atoms with Gasteiger partial charge in [-0.05, 0) is 100 Å². The monoisotopic (exact) mass is 644 g/mol. The van der Waals surface area contributed by atoms with Crippen molar-refractivity contribution in [1.82, 2.24) is 9.13 Å². The predicted molar refractivity (Wildman–Crippen MR) is 212 cm³/mol. The highest BCUT2D eigenvalue weighted by Gasteiger charge is 2.36. The minimum Gasteiger partial charge on any atom is -0.309 e. The van der Waals surface area contributed by atoms with E-state index in [9.17, 15) is 4.79 Å². The van der Waals surface area contributed by atoms with Crippen LogP contribution < -0.4 is 5.56 Å². The van der Waals surface area contributed by atoms with Gasteiger partial charge in [-0.2, -0.15) is 0 Å². The molecule has 0 radical (unpaired) electrons. The first-order valence-corrected chi connectivity index (χ1v) is 17.2. The van der Waals surface area contributed by atoms with Crippen LogP contribution in [0.25, 0.3) is 71.6 Å². The Bertz CT molecular complexity index is 2800. The van der Waals surface area contributed by atoms with E-state index in [4.69, 9.17) is 0 Å². The van der Waals surface area contributed by atoms with E-state index < -0.39 is 0 Å². The van der Waals surface area contributed by atoms with Crippen LogP contribution in [-0.4, -0.2) is 9.13 Å². The molecule has 3 nitrogen and oxygen atoms in total. The Hall–Kier alpha value is -6.19. The fourth-order valence-electron chi connectivity index (χ4n) is 8.26. The van der Waals surface area contributed by atoms with Crippen molar-refractivity contribution in [3.05, 3.63) is 185 Å². The summed E-state index contributed by atoms with van der Waals surface area (Å²) in [7, 11) is 0. The number of nitrogens with zero attached hydrogens (tertiary/aromatic N) is 2. The summed E-state index contributed by atoms with van der Waals surface area (Å²) in [5.41, 5.74) is 12.5. The molecule has 8 aromatic rings. The lowest BCUT2D eigenvalue weighted by atomic mass is 9.81. The third-order valence-corrected chi connectivity index (χ3v) is 10.7. The quantitative estimate of drug-likeness (QED) is 0.171. The van der Waals surface area contributed by atoms with E-state index in [-0.39, 0.29) is 11.0 Å². The van der Waals surface area contributed by atoms with Crippen molar-refractivity contribution in [2.75, 3.05) is 0 Å². The molecule has 2 aromatic heterocycles. The molecule has 0 N–H and O–H groups in total. The van der Waals surface area contributed by atoms with Crippen LogP contribution in [0.1, 0.15) is 31.9 Å². The molecular formula is C47H36N2O. The summed E-state index contributed by atoms with van der Waals surface area (Å²) in [4.78, 5) is 13.8. The molecule has 240 valence electrons. The lowest BCUT2D eigenvalue weighted by Crippen LogP contribution is -2.19. The van der Waals surface area contributed by atoms with Crippen molar-refractivity contribution in [3.63, 3.8) is 0 Å². The molecule has 0 aliphatic heterocycles. The molecule has 0 saturated heterocycles. The molecule has 0 saturated carbocycles. The smallest absolute Gasteiger partial charge is 0.263 e. The highest BCUT2D eigenvalue weighted by atomic mass is 16.1. The molecule has 0 atom stereocenters. The molecule has 9 rings (SSSR count). The van der Waals surface area contributed by atoms with Gasteiger partial charge in [-0.1, -0.05) is 118 Å². The second kappa shape index (κ2) is 11.2. The standard InChI is InChI=1S/C47H36N2O/c1-5-13-35-39-28-40-37-16-10-11-18-43(37)48(45(40)29-42(39)47(3,4)41(35)6-2)32-24-20-30(21-25-32)31-22-26-33(27-23-31)49-44-19-12-9-15-36(44)34-14-7-8-17-38(34)46(49)50/h5-29H,2H2,1,3-4H3/b13-5-. The van der Waals surface area contributed by atoms with Gasteiger partial charge in [0.2, 0.25) is 0 Å². The van der Waals surface area contributed by atoms with Crippen molar-refractivity contribution in [2.24, 2.45) is 0 Å². The molecule has 0 unspecified atom stereocenters. The molecule has 0 bridgehead atoms. The van der Waals surface area contributed by atoms with E-state index in [2.05, 4.69) is 135 Å². The zero-order valence-electron chi connectivity index (χ0n) is 28.4. The number of hydrogen-bond donors (Lipinski definition) is 0. The zero-order valence-corrected chi connectivity index (χ0v) is 28.4. The zero-order chi connectivity index (χ0) is 34.1. The number of para-hydroxylation sites is 2. The molecular weight excluding hydrogens is 609 g/mol. The van der Waals surface area contributed by atoms with Gasteiger partial charge < -0.3 is 4.57 Å². The van der Waals surface area contributed by atoms with Crippen molar-refractivity contribution in [1.29, 1.82) is 0 Å². The normalized spacial score (nSPS) is 14.1. The van der Waals surface area contributed by atoms with Crippen LogP contribution in [0.5, 0.6) is 0 Å². The van der Waals surface area contributed by atoms with Gasteiger partial charge in [0.05, 0.1) is 16.6 Å². The molecule has 2 heterocycles. The Morgan fingerprint density at radius 3 is 1.70 bits per heavy atom. The van der Waals surface area contributed by atoms with Crippen LogP contribution in [0.4, 0.5) is 0 Å². The number of rotatable bonds is 5. The maximum Gasteiger partial charge on any atom is 0.263 e. The lowest BCUT2D eigenvalue weighted by Gasteiger charge is -2.23. The highest BCUT2D eigenvalue weighted by molar-refractivity contribution is 6.11. The summed E-state index contributed by atoms with van der Waals surface area (Å²) in [5.74, 6) is 0. The van der Waals surface area contributed by atoms with E-state index in [1.54, 1.807) is 0 Å². The summed E-state index contributed by atoms with van der Waals surface area (Å²) in [6, 6.07) is 46.6. The van der Waals surface area contributed by atoms with E-state index in [1.807, 2.05) is 53.1 Å². The molecule has 0 fully saturated rings. The van der Waals surface area contributed by atoms with Gasteiger partial charge >= 0.3 is 0 Å². The van der Waals surface area contributed by atoms with Crippen molar-refractivity contribution < 1.29 is 0 Å². The summed E-state index contributed by atoms with van der Waals surface area (Å²) in [6.45, 7) is 10.9. The van der Waals surface area contributed by atoms with Crippen LogP contribution in [-0.2, 0) is 5.41 Å². The molecule has 6 aromatic carbocycles. The van der Waals surface area contributed by atoms with E-state index in [0.29, 0.717) is 0 Å². The molecule has 3 heteroatoms. The van der Waals surface area contributed by atoms with Crippen LogP contribution in [0.3, 0.4) is 0 Å². The predicted octanol–water partition coefficient (Wildman–Crippen LogP) is 11.7. The Labute approximate surface area is 291 Å². The average molecular weight is 645 g/mol. The Balaban J connectivity index is 1.13. The van der Waals surface area contributed by atoms with Gasteiger partial charge in [0.1, 0.15) is 0 Å². The third-order valence-electron chi connectivity index (χ3n) is 10.7. The van der Waals surface area contributed by atoms with Gasteiger partial charge in [-0.15, -0.1) is 0 Å². The first-order chi connectivity index (χ1) is 24.4. The lowest BCUT2D eigenvalue weighted by molar-refractivity contribution is 0.655. The Morgan fingerprint density at radius 2 is 1.10 bits per heavy atom. The summed E-state index contributed by atoms with van der Waals surface area (Å²) >= 11 is 0. The number of hydrogen-bond acceptors (Lipinski definition) is 1. The van der Waals surface area contributed by atoms with Crippen LogP contribution in [0.15, 0.2) is 169 Å². The van der Waals surface area contributed by atoms with E-state index in [0.717, 1.165) is 44.2 Å². The van der Waals surface area contributed by atoms with Gasteiger partial charge in [0.25, 0.3) is 5.56 Å². The van der Waals surface area contributed by atoms with Gasteiger partial charge in [-0.3, -0.25) is 9.36 Å². The SMILES string of the molecule is C=CC1=C(/C=C\C)c2cc3c4ccccc4n(-c4ccc(-c5ccc(-n6c(=O)c7ccccc7c7ccccc76)cc5)cc4)c3cc2C1(C)C. The number of allylic oxidation sites excluding steroid dienone is 5. The highest BCUT2D eigenvalue weighted by Crippen LogP contribution is 2.49. The maximum atomic E-state index is 13.8. The number of pyridine rings is 1. The Morgan fingerprint density at radius 1 is 0.580 bits per heavy atom. The second-order valence-electron chi connectivity index (χ2n) is 13.7. The first-order valence-electron chi connectivity index (χ1n) is 17.2. The molecule has 50 heavy (non-hydrogen) atoms. The van der Waals surface area contributed by atoms with Crippen molar-refractivity contribution in [2.45, 2.75) is 26.2 Å². The summed E-state index contributed by atoms with van der Waals surface area (Å²) in [5, 5.41) is 5.26. The molecule has 1 aliphatic rings. The Kier molecular flexibility index (Phi) is 6.69. The van der Waals surface area contributed by atoms with E-state index in [1.165, 1.54) is 44.1 Å². The number of aromatic nitrogens is 2. The average Bonchev–Trinajstić information content (AvgIpc) is 3.58. The fraction of sp³-hybridized carbons (Fsp3) is 0.0851. The van der Waals surface area contributed by atoms with Crippen LogP contribution in [0.2, 0.25) is 0 Å². The third kappa shape index (κ3) is 4.26. The first kappa shape index (κ1) is 29.9. The minimum absolute atomic E-state index is 0.00819. The van der Waals surface area contributed by atoms with Crippen LogP contribution in [0, 0.1) is 0 Å². The van der Waals surface area contributed by atoms with Crippen molar-refractivity contribution >= 4 is 49.1 Å². The summed E-state index contributed by atoms with van der Waals surface area (Å²) < 4.78 is 4.23. The number of fused-ring (bicyclic) bond motifs is 7. The molecule has 1 aliphatic carbocycles. The summed E-state index contributed by atoms with van der Waals surface area (Å²) in [6.07, 6.45) is 6.38. The second-order valence-corrected chi connectivity index (χ2v) is 13.7. The molecule has 0 spiro atoms.